The summed E-state index contributed by atoms with van der Waals surface area (Å²) in [6, 6.07) is 12.3. The second-order valence-corrected chi connectivity index (χ2v) is 8.44. The monoisotopic (exact) mass is 360 g/mol. The standard InChI is InChI=1S/C18H17FN2O3S/c1-20-16-5-3-2-4-15(16)18(17(20)22)10-11-21(12-18)25(23,24)14-8-6-13(19)7-9-14/h2-9H,10-12H2,1H3/t18-/m0/s1. The van der Waals surface area contributed by atoms with Crippen molar-refractivity contribution in [3.8, 4) is 0 Å². The van der Waals surface area contributed by atoms with E-state index in [-0.39, 0.29) is 23.9 Å². The van der Waals surface area contributed by atoms with Crippen LogP contribution in [0.5, 0.6) is 0 Å². The molecule has 0 N–H and O–H groups in total. The van der Waals surface area contributed by atoms with Gasteiger partial charge in [0.15, 0.2) is 0 Å². The van der Waals surface area contributed by atoms with Crippen LogP contribution in [-0.4, -0.2) is 38.8 Å². The maximum Gasteiger partial charge on any atom is 0.243 e. The van der Waals surface area contributed by atoms with E-state index in [2.05, 4.69) is 0 Å². The van der Waals surface area contributed by atoms with E-state index in [1.165, 1.54) is 16.4 Å². The molecular formula is C18H17FN2O3S. The van der Waals surface area contributed by atoms with Gasteiger partial charge in [0.05, 0.1) is 10.3 Å². The molecule has 0 radical (unpaired) electrons. The van der Waals surface area contributed by atoms with Crippen LogP contribution in [0.4, 0.5) is 10.1 Å². The van der Waals surface area contributed by atoms with Gasteiger partial charge in [0, 0.05) is 25.8 Å². The number of benzene rings is 2. The molecular weight excluding hydrogens is 343 g/mol. The quantitative estimate of drug-likeness (QED) is 0.824. The van der Waals surface area contributed by atoms with Crippen LogP contribution in [0.3, 0.4) is 0 Å². The summed E-state index contributed by atoms with van der Waals surface area (Å²) in [5.41, 5.74) is 0.867. The highest BCUT2D eigenvalue weighted by molar-refractivity contribution is 7.89. The molecule has 0 aliphatic carbocycles. The number of fused-ring (bicyclic) bond motifs is 2. The van der Waals surface area contributed by atoms with Crippen molar-refractivity contribution in [2.24, 2.45) is 0 Å². The summed E-state index contributed by atoms with van der Waals surface area (Å²) in [7, 11) is -2.05. The Labute approximate surface area is 145 Å². The summed E-state index contributed by atoms with van der Waals surface area (Å²) in [5.74, 6) is -0.566. The molecule has 130 valence electrons. The fraction of sp³-hybridized carbons (Fsp3) is 0.278. The molecule has 1 amide bonds. The van der Waals surface area contributed by atoms with E-state index in [1.807, 2.05) is 24.3 Å². The smallest absolute Gasteiger partial charge is 0.243 e. The summed E-state index contributed by atoms with van der Waals surface area (Å²) in [6.07, 6.45) is 0.438. The van der Waals surface area contributed by atoms with Gasteiger partial charge in [-0.3, -0.25) is 4.79 Å². The third-order valence-corrected chi connectivity index (χ3v) is 7.04. The first-order valence-corrected chi connectivity index (χ1v) is 9.44. The molecule has 0 bridgehead atoms. The van der Waals surface area contributed by atoms with Crippen LogP contribution in [-0.2, 0) is 20.2 Å². The van der Waals surface area contributed by atoms with E-state index in [4.69, 9.17) is 0 Å². The normalized spacial score (nSPS) is 23.4. The minimum atomic E-state index is -3.77. The van der Waals surface area contributed by atoms with Crippen molar-refractivity contribution in [2.75, 3.05) is 25.0 Å². The summed E-state index contributed by atoms with van der Waals surface area (Å²) in [5, 5.41) is 0. The molecule has 2 aliphatic rings. The number of amides is 1. The van der Waals surface area contributed by atoms with E-state index in [9.17, 15) is 17.6 Å². The van der Waals surface area contributed by atoms with E-state index in [0.29, 0.717) is 6.42 Å². The Morgan fingerprint density at radius 1 is 1.08 bits per heavy atom. The number of anilines is 1. The Kier molecular flexibility index (Phi) is 3.49. The molecule has 2 heterocycles. The minimum Gasteiger partial charge on any atom is -0.314 e. The third-order valence-electron chi connectivity index (χ3n) is 5.18. The van der Waals surface area contributed by atoms with Crippen LogP contribution in [0.25, 0.3) is 0 Å². The van der Waals surface area contributed by atoms with Crippen molar-refractivity contribution in [2.45, 2.75) is 16.7 Å². The van der Waals surface area contributed by atoms with Gasteiger partial charge in [-0.2, -0.15) is 4.31 Å². The van der Waals surface area contributed by atoms with Gasteiger partial charge < -0.3 is 4.90 Å². The Bertz CT molecular complexity index is 959. The summed E-state index contributed by atoms with van der Waals surface area (Å²) in [4.78, 5) is 14.5. The van der Waals surface area contributed by atoms with Gasteiger partial charge in [0.25, 0.3) is 0 Å². The number of halogens is 1. The topological polar surface area (TPSA) is 57.7 Å². The molecule has 2 aliphatic heterocycles. The first-order valence-electron chi connectivity index (χ1n) is 8.00. The van der Waals surface area contributed by atoms with Crippen molar-refractivity contribution in [3.63, 3.8) is 0 Å². The lowest BCUT2D eigenvalue weighted by Crippen LogP contribution is -2.42. The average molecular weight is 360 g/mol. The highest BCUT2D eigenvalue weighted by atomic mass is 32.2. The summed E-state index contributed by atoms with van der Waals surface area (Å²) < 4.78 is 40.2. The second kappa shape index (κ2) is 5.37. The number of carbonyl (C=O) groups is 1. The van der Waals surface area contributed by atoms with Crippen LogP contribution in [0.15, 0.2) is 53.4 Å². The largest absolute Gasteiger partial charge is 0.314 e. The number of sulfonamides is 1. The third kappa shape index (κ3) is 2.22. The second-order valence-electron chi connectivity index (χ2n) is 6.51. The molecule has 0 unspecified atom stereocenters. The van der Waals surface area contributed by atoms with Gasteiger partial charge in [-0.25, -0.2) is 12.8 Å². The van der Waals surface area contributed by atoms with Gasteiger partial charge in [0.2, 0.25) is 15.9 Å². The zero-order chi connectivity index (χ0) is 17.8. The first-order chi connectivity index (χ1) is 11.9. The fourth-order valence-electron chi connectivity index (χ4n) is 3.85. The Morgan fingerprint density at radius 3 is 2.48 bits per heavy atom. The number of rotatable bonds is 2. The fourth-order valence-corrected chi connectivity index (χ4v) is 5.35. The average Bonchev–Trinajstić information content (AvgIpc) is 3.15. The molecule has 2 aromatic carbocycles. The summed E-state index contributed by atoms with van der Waals surface area (Å²) in [6.45, 7) is 0.362. The van der Waals surface area contributed by atoms with Crippen molar-refractivity contribution in [1.82, 2.24) is 4.31 Å². The first kappa shape index (κ1) is 16.2. The highest BCUT2D eigenvalue weighted by Gasteiger charge is 2.55. The molecule has 1 saturated heterocycles. The summed E-state index contributed by atoms with van der Waals surface area (Å²) >= 11 is 0. The van der Waals surface area contributed by atoms with E-state index < -0.39 is 21.3 Å². The minimum absolute atomic E-state index is 0.0398. The number of carbonyl (C=O) groups excluding carboxylic acids is 1. The number of nitrogens with zero attached hydrogens (tertiary/aromatic N) is 2. The Balaban J connectivity index is 1.72. The zero-order valence-corrected chi connectivity index (χ0v) is 14.5. The predicted molar refractivity (Wildman–Crippen MR) is 91.3 cm³/mol. The van der Waals surface area contributed by atoms with Crippen LogP contribution in [0.2, 0.25) is 0 Å². The van der Waals surface area contributed by atoms with Gasteiger partial charge in [-0.15, -0.1) is 0 Å². The molecule has 5 nitrogen and oxygen atoms in total. The van der Waals surface area contributed by atoms with E-state index in [0.717, 1.165) is 23.4 Å². The maximum atomic E-state index is 13.1. The van der Waals surface area contributed by atoms with Crippen LogP contribution < -0.4 is 4.90 Å². The van der Waals surface area contributed by atoms with Crippen molar-refractivity contribution in [3.05, 3.63) is 59.9 Å². The molecule has 1 atom stereocenters. The maximum absolute atomic E-state index is 13.1. The van der Waals surface area contributed by atoms with Crippen LogP contribution in [0, 0.1) is 5.82 Å². The van der Waals surface area contributed by atoms with E-state index >= 15 is 0 Å². The van der Waals surface area contributed by atoms with E-state index in [1.54, 1.807) is 11.9 Å². The molecule has 2 aromatic rings. The zero-order valence-electron chi connectivity index (χ0n) is 13.6. The van der Waals surface area contributed by atoms with Crippen LogP contribution in [0.1, 0.15) is 12.0 Å². The SMILES string of the molecule is CN1C(=O)[C@]2(CCN(S(=O)(=O)c3ccc(F)cc3)C2)c2ccccc21. The van der Waals surface area contributed by atoms with Crippen LogP contribution >= 0.6 is 0 Å². The molecule has 25 heavy (non-hydrogen) atoms. The lowest BCUT2D eigenvalue weighted by Gasteiger charge is -2.23. The molecule has 1 fully saturated rings. The van der Waals surface area contributed by atoms with Crippen molar-refractivity contribution < 1.29 is 17.6 Å². The van der Waals surface area contributed by atoms with Gasteiger partial charge >= 0.3 is 0 Å². The molecule has 0 aromatic heterocycles. The predicted octanol–water partition coefficient (Wildman–Crippen LogP) is 2.13. The Hall–Kier alpha value is -2.25. The van der Waals surface area contributed by atoms with Crippen molar-refractivity contribution >= 4 is 21.6 Å². The number of para-hydroxylation sites is 1. The molecule has 7 heteroatoms. The molecule has 0 saturated carbocycles. The number of hydrogen-bond donors (Lipinski definition) is 0. The highest BCUT2D eigenvalue weighted by Crippen LogP contribution is 2.47. The Morgan fingerprint density at radius 2 is 1.76 bits per heavy atom. The molecule has 4 rings (SSSR count). The van der Waals surface area contributed by atoms with Gasteiger partial charge in [-0.05, 0) is 42.3 Å². The number of hydrogen-bond acceptors (Lipinski definition) is 3. The van der Waals surface area contributed by atoms with Gasteiger partial charge in [0.1, 0.15) is 5.82 Å². The number of likely N-dealkylation sites (N-methyl/N-ethyl adjacent to an activating group) is 1. The van der Waals surface area contributed by atoms with Gasteiger partial charge in [-0.1, -0.05) is 18.2 Å². The van der Waals surface area contributed by atoms with Crippen molar-refractivity contribution in [1.29, 1.82) is 0 Å². The lowest BCUT2D eigenvalue weighted by atomic mass is 9.81. The lowest BCUT2D eigenvalue weighted by molar-refractivity contribution is -0.122. The molecule has 1 spiro atoms.